The maximum atomic E-state index is 12.9. The molecule has 5 nitrogen and oxygen atoms in total. The summed E-state index contributed by atoms with van der Waals surface area (Å²) in [6, 6.07) is 6.71. The van der Waals surface area contributed by atoms with Gasteiger partial charge in [-0.15, -0.1) is 0 Å². The first kappa shape index (κ1) is 21.5. The summed E-state index contributed by atoms with van der Waals surface area (Å²) in [5.41, 5.74) is -2.79. The smallest absolute Gasteiger partial charge is 0.373 e. The molecular weight excluding hydrogens is 385 g/mol. The number of likely N-dealkylation sites (tertiary alicyclic amines) is 1. The van der Waals surface area contributed by atoms with Crippen LogP contribution < -0.4 is 4.90 Å². The number of halogens is 4. The maximum absolute atomic E-state index is 12.9. The summed E-state index contributed by atoms with van der Waals surface area (Å²) >= 11 is 5.84. The average molecular weight is 407 g/mol. The lowest BCUT2D eigenvalue weighted by Gasteiger charge is -2.40. The van der Waals surface area contributed by atoms with Gasteiger partial charge in [0.1, 0.15) is 0 Å². The molecule has 0 aromatic heterocycles. The van der Waals surface area contributed by atoms with E-state index in [9.17, 15) is 27.9 Å². The van der Waals surface area contributed by atoms with Gasteiger partial charge < -0.3 is 14.9 Å². The molecule has 0 radical (unpaired) electrons. The topological polar surface area (TPSA) is 60.9 Å². The molecule has 0 unspecified atom stereocenters. The normalized spacial score (nSPS) is 22.9. The molecule has 0 bridgehead atoms. The molecular formula is C18H22ClF3N2O3. The van der Waals surface area contributed by atoms with Crippen molar-refractivity contribution < 1.29 is 27.9 Å². The second-order valence-electron chi connectivity index (χ2n) is 7.07. The highest BCUT2D eigenvalue weighted by atomic mass is 35.5. The Hall–Kier alpha value is -1.80. The third-order valence-electron chi connectivity index (χ3n) is 5.02. The number of hydrogen-bond acceptors (Lipinski definition) is 3. The molecule has 1 heterocycles. The van der Waals surface area contributed by atoms with E-state index in [2.05, 4.69) is 0 Å². The number of piperidine rings is 1. The number of anilines is 1. The van der Waals surface area contributed by atoms with E-state index >= 15 is 0 Å². The quantitative estimate of drug-likeness (QED) is 0.839. The summed E-state index contributed by atoms with van der Waals surface area (Å²) in [6.07, 6.45) is -4.84. The van der Waals surface area contributed by atoms with Gasteiger partial charge in [-0.05, 0) is 43.5 Å². The molecule has 0 aliphatic carbocycles. The summed E-state index contributed by atoms with van der Waals surface area (Å²) in [5, 5.41) is 10.1. The van der Waals surface area contributed by atoms with Crippen molar-refractivity contribution in [3.05, 3.63) is 29.3 Å². The molecule has 1 fully saturated rings. The van der Waals surface area contributed by atoms with Crippen molar-refractivity contribution in [1.29, 1.82) is 0 Å². The Bertz CT molecular complexity index is 707. The van der Waals surface area contributed by atoms with Gasteiger partial charge in [-0.3, -0.25) is 9.59 Å². The lowest BCUT2D eigenvalue weighted by Crippen LogP contribution is -2.59. The number of amides is 2. The average Bonchev–Trinajstić information content (AvgIpc) is 2.59. The summed E-state index contributed by atoms with van der Waals surface area (Å²) in [6.45, 7) is 2.10. The summed E-state index contributed by atoms with van der Waals surface area (Å²) < 4.78 is 38.7. The van der Waals surface area contributed by atoms with Crippen molar-refractivity contribution in [2.45, 2.75) is 32.0 Å². The van der Waals surface area contributed by atoms with E-state index in [1.807, 2.05) is 0 Å². The molecule has 2 rings (SSSR count). The van der Waals surface area contributed by atoms with E-state index < -0.39 is 23.6 Å². The van der Waals surface area contributed by atoms with Crippen LogP contribution in [0.5, 0.6) is 0 Å². The van der Waals surface area contributed by atoms with Crippen LogP contribution in [0.4, 0.5) is 18.9 Å². The van der Waals surface area contributed by atoms with Gasteiger partial charge in [-0.25, -0.2) is 0 Å². The highest BCUT2D eigenvalue weighted by Crippen LogP contribution is 2.34. The molecule has 9 heteroatoms. The maximum Gasteiger partial charge on any atom is 0.426 e. The molecule has 1 aromatic carbocycles. The second-order valence-corrected chi connectivity index (χ2v) is 7.50. The zero-order valence-corrected chi connectivity index (χ0v) is 16.0. The van der Waals surface area contributed by atoms with E-state index in [4.69, 9.17) is 11.6 Å². The van der Waals surface area contributed by atoms with Gasteiger partial charge in [0.2, 0.25) is 11.5 Å². The van der Waals surface area contributed by atoms with Crippen molar-refractivity contribution in [3.8, 4) is 0 Å². The van der Waals surface area contributed by atoms with Gasteiger partial charge in [-0.1, -0.05) is 18.5 Å². The first-order valence-corrected chi connectivity index (χ1v) is 8.85. The predicted molar refractivity (Wildman–Crippen MR) is 95.4 cm³/mol. The molecule has 3 atom stereocenters. The van der Waals surface area contributed by atoms with Crippen LogP contribution >= 0.6 is 11.6 Å². The molecule has 27 heavy (non-hydrogen) atoms. The number of carbonyl (C=O) groups is 2. The number of alkyl halides is 3. The van der Waals surface area contributed by atoms with Gasteiger partial charge in [0.15, 0.2) is 0 Å². The number of benzene rings is 1. The van der Waals surface area contributed by atoms with Crippen molar-refractivity contribution in [3.63, 3.8) is 0 Å². The molecule has 1 N–H and O–H groups in total. The number of aliphatic hydroxyl groups is 1. The monoisotopic (exact) mass is 406 g/mol. The van der Waals surface area contributed by atoms with Crippen molar-refractivity contribution in [1.82, 2.24) is 4.90 Å². The molecule has 1 aliphatic heterocycles. The minimum absolute atomic E-state index is 0.0275. The van der Waals surface area contributed by atoms with Gasteiger partial charge in [0.05, 0.1) is 0 Å². The Kier molecular flexibility index (Phi) is 6.11. The van der Waals surface area contributed by atoms with E-state index in [-0.39, 0.29) is 31.3 Å². The summed E-state index contributed by atoms with van der Waals surface area (Å²) in [5.74, 6) is -2.36. The Morgan fingerprint density at radius 3 is 2.30 bits per heavy atom. The SMILES string of the molecule is C[C@H]1CN(C(=O)[C@@](C)(O)C(F)(F)F)CC[C@H]1C(=O)N(C)c1ccc(Cl)cc1. The zero-order chi connectivity index (χ0) is 20.6. The first-order valence-electron chi connectivity index (χ1n) is 8.48. The predicted octanol–water partition coefficient (Wildman–Crippen LogP) is 3.10. The fraction of sp³-hybridized carbons (Fsp3) is 0.556. The van der Waals surface area contributed by atoms with Crippen LogP contribution in [-0.2, 0) is 9.59 Å². The molecule has 2 amide bonds. The number of rotatable bonds is 3. The molecule has 0 spiro atoms. The minimum atomic E-state index is -5.06. The van der Waals surface area contributed by atoms with Crippen LogP contribution in [0.25, 0.3) is 0 Å². The van der Waals surface area contributed by atoms with Crippen LogP contribution in [0.2, 0.25) is 5.02 Å². The summed E-state index contributed by atoms with van der Waals surface area (Å²) in [4.78, 5) is 27.4. The molecule has 150 valence electrons. The molecule has 0 saturated carbocycles. The van der Waals surface area contributed by atoms with Gasteiger partial charge in [0, 0.05) is 36.8 Å². The zero-order valence-electron chi connectivity index (χ0n) is 15.3. The molecule has 1 aliphatic rings. The van der Waals surface area contributed by atoms with Gasteiger partial charge in [-0.2, -0.15) is 13.2 Å². The van der Waals surface area contributed by atoms with E-state index in [0.29, 0.717) is 17.6 Å². The third kappa shape index (κ3) is 4.38. The Morgan fingerprint density at radius 2 is 1.81 bits per heavy atom. The first-order chi connectivity index (χ1) is 12.4. The lowest BCUT2D eigenvalue weighted by atomic mass is 9.85. The van der Waals surface area contributed by atoms with E-state index in [1.165, 1.54) is 4.90 Å². The van der Waals surface area contributed by atoms with Crippen LogP contribution in [-0.4, -0.2) is 53.7 Å². The summed E-state index contributed by atoms with van der Waals surface area (Å²) in [7, 11) is 1.62. The van der Waals surface area contributed by atoms with Crippen LogP contribution in [0.3, 0.4) is 0 Å². The van der Waals surface area contributed by atoms with Crippen molar-refractivity contribution in [2.75, 3.05) is 25.0 Å². The Balaban J connectivity index is 2.07. The Labute approximate surface area is 160 Å². The number of nitrogens with zero attached hydrogens (tertiary/aromatic N) is 2. The number of hydrogen-bond donors (Lipinski definition) is 1. The van der Waals surface area contributed by atoms with Crippen molar-refractivity contribution in [2.24, 2.45) is 11.8 Å². The second kappa shape index (κ2) is 7.67. The lowest BCUT2D eigenvalue weighted by molar-refractivity contribution is -0.251. The third-order valence-corrected chi connectivity index (χ3v) is 5.27. The van der Waals surface area contributed by atoms with Crippen LogP contribution in [0.15, 0.2) is 24.3 Å². The van der Waals surface area contributed by atoms with Gasteiger partial charge >= 0.3 is 6.18 Å². The van der Waals surface area contributed by atoms with Crippen LogP contribution in [0.1, 0.15) is 20.3 Å². The van der Waals surface area contributed by atoms with Gasteiger partial charge in [0.25, 0.3) is 5.91 Å². The minimum Gasteiger partial charge on any atom is -0.373 e. The van der Waals surface area contributed by atoms with E-state index in [0.717, 1.165) is 4.90 Å². The van der Waals surface area contributed by atoms with Crippen LogP contribution in [0, 0.1) is 11.8 Å². The van der Waals surface area contributed by atoms with E-state index in [1.54, 1.807) is 38.2 Å². The standard InChI is InChI=1S/C18H22ClF3N2O3/c1-11-10-24(16(26)17(2,27)18(20,21)22)9-8-14(11)15(25)23(3)13-6-4-12(19)5-7-13/h4-7,11,14,27H,8-10H2,1-3H3/t11-,14+,17+/m0/s1. The number of carbonyl (C=O) groups excluding carboxylic acids is 2. The Morgan fingerprint density at radius 1 is 1.26 bits per heavy atom. The highest BCUT2D eigenvalue weighted by molar-refractivity contribution is 6.30. The highest BCUT2D eigenvalue weighted by Gasteiger charge is 2.57. The fourth-order valence-corrected chi connectivity index (χ4v) is 3.29. The van der Waals surface area contributed by atoms with Crippen molar-refractivity contribution >= 4 is 29.1 Å². The largest absolute Gasteiger partial charge is 0.426 e. The molecule has 1 aromatic rings. The fourth-order valence-electron chi connectivity index (χ4n) is 3.17. The molecule has 1 saturated heterocycles.